The van der Waals surface area contributed by atoms with Gasteiger partial charge < -0.3 is 20.1 Å². The minimum Gasteiger partial charge on any atom is -0.494 e. The number of ether oxygens (including phenoxy) is 2. The van der Waals surface area contributed by atoms with Gasteiger partial charge in [0.15, 0.2) is 0 Å². The fraction of sp³-hybridized carbons (Fsp3) is 0.263. The number of amides is 2. The van der Waals surface area contributed by atoms with Gasteiger partial charge in [-0.1, -0.05) is 30.3 Å². The van der Waals surface area contributed by atoms with Crippen molar-refractivity contribution in [2.24, 2.45) is 0 Å². The van der Waals surface area contributed by atoms with E-state index in [2.05, 4.69) is 15.4 Å². The fourth-order valence-corrected chi connectivity index (χ4v) is 2.10. The van der Waals surface area contributed by atoms with Crippen molar-refractivity contribution in [1.29, 1.82) is 0 Å². The van der Waals surface area contributed by atoms with Crippen LogP contribution in [0.25, 0.3) is 0 Å². The number of urea groups is 1. The molecule has 0 aliphatic carbocycles. The summed E-state index contributed by atoms with van der Waals surface area (Å²) in [7, 11) is 1.34. The molecule has 0 aliphatic rings. The number of rotatable bonds is 8. The van der Waals surface area contributed by atoms with Gasteiger partial charge in [-0.05, 0) is 36.2 Å². The molecule has 132 valence electrons. The number of nitrogens with one attached hydrogen (secondary N) is 2. The maximum absolute atomic E-state index is 11.7. The molecule has 0 spiro atoms. The molecule has 0 heterocycles. The molecule has 0 radical (unpaired) electrons. The first-order valence-corrected chi connectivity index (χ1v) is 8.06. The predicted molar refractivity (Wildman–Crippen MR) is 94.6 cm³/mol. The number of hydrogen-bond donors (Lipinski definition) is 2. The van der Waals surface area contributed by atoms with Gasteiger partial charge in [0.25, 0.3) is 0 Å². The lowest BCUT2D eigenvalue weighted by Crippen LogP contribution is -2.36. The zero-order valence-electron chi connectivity index (χ0n) is 14.2. The Balaban J connectivity index is 1.60. The number of para-hydroxylation sites is 1. The first-order chi connectivity index (χ1) is 12.2. The molecule has 2 amide bonds. The van der Waals surface area contributed by atoms with Crippen LogP contribution in [-0.4, -0.2) is 32.3 Å². The van der Waals surface area contributed by atoms with E-state index in [1.54, 1.807) is 24.3 Å². The minimum absolute atomic E-state index is 0.239. The summed E-state index contributed by atoms with van der Waals surface area (Å²) in [5.41, 5.74) is 1.38. The number of hydrogen-bond acceptors (Lipinski definition) is 4. The minimum atomic E-state index is -0.380. The molecule has 2 aromatic carbocycles. The van der Waals surface area contributed by atoms with Crippen molar-refractivity contribution < 1.29 is 19.1 Å². The predicted octanol–water partition coefficient (Wildman–Crippen LogP) is 2.74. The molecule has 0 aromatic heterocycles. The van der Waals surface area contributed by atoms with Crippen molar-refractivity contribution in [2.45, 2.75) is 13.0 Å². The maximum Gasteiger partial charge on any atom is 0.337 e. The lowest BCUT2D eigenvalue weighted by atomic mass is 10.1. The number of carbonyl (C=O) groups excluding carboxylic acids is 2. The maximum atomic E-state index is 11.7. The molecular weight excluding hydrogens is 320 g/mol. The molecule has 6 heteroatoms. The average Bonchev–Trinajstić information content (AvgIpc) is 2.66. The van der Waals surface area contributed by atoms with E-state index >= 15 is 0 Å². The first kappa shape index (κ1) is 18.3. The largest absolute Gasteiger partial charge is 0.494 e. The molecule has 0 unspecified atom stereocenters. The summed E-state index contributed by atoms with van der Waals surface area (Å²) in [5.74, 6) is 0.442. The third-order valence-corrected chi connectivity index (χ3v) is 3.45. The molecule has 2 N–H and O–H groups in total. The quantitative estimate of drug-likeness (QED) is 0.571. The Morgan fingerprint density at radius 2 is 1.68 bits per heavy atom. The van der Waals surface area contributed by atoms with E-state index in [1.807, 2.05) is 30.3 Å². The van der Waals surface area contributed by atoms with Crippen LogP contribution >= 0.6 is 0 Å². The number of carbonyl (C=O) groups is 2. The van der Waals surface area contributed by atoms with E-state index in [0.717, 1.165) is 17.7 Å². The summed E-state index contributed by atoms with van der Waals surface area (Å²) in [5, 5.41) is 5.54. The highest BCUT2D eigenvalue weighted by atomic mass is 16.5. The summed E-state index contributed by atoms with van der Waals surface area (Å²) in [6.45, 7) is 1.45. The Morgan fingerprint density at radius 3 is 2.36 bits per heavy atom. The standard InChI is InChI=1S/C19H22N2O4/c1-24-18(22)16-10-8-15(9-11-16)14-21-19(23)20-12-5-13-25-17-6-3-2-4-7-17/h2-4,6-11H,5,12-14H2,1H3,(H2,20,21,23). The van der Waals surface area contributed by atoms with Crippen LogP contribution in [0.5, 0.6) is 5.75 Å². The zero-order chi connectivity index (χ0) is 17.9. The number of esters is 1. The Bertz CT molecular complexity index is 672. The lowest BCUT2D eigenvalue weighted by Gasteiger charge is -2.09. The monoisotopic (exact) mass is 342 g/mol. The van der Waals surface area contributed by atoms with E-state index in [4.69, 9.17) is 4.74 Å². The average molecular weight is 342 g/mol. The van der Waals surface area contributed by atoms with Gasteiger partial charge in [0, 0.05) is 13.1 Å². The summed E-state index contributed by atoms with van der Waals surface area (Å²) < 4.78 is 10.2. The molecule has 0 atom stereocenters. The summed E-state index contributed by atoms with van der Waals surface area (Å²) in [6, 6.07) is 16.2. The molecule has 0 saturated carbocycles. The van der Waals surface area contributed by atoms with E-state index in [0.29, 0.717) is 25.3 Å². The van der Waals surface area contributed by atoms with Crippen LogP contribution < -0.4 is 15.4 Å². The van der Waals surface area contributed by atoms with Crippen LogP contribution in [0.1, 0.15) is 22.3 Å². The SMILES string of the molecule is COC(=O)c1ccc(CNC(=O)NCCCOc2ccccc2)cc1. The first-order valence-electron chi connectivity index (χ1n) is 8.06. The lowest BCUT2D eigenvalue weighted by molar-refractivity contribution is 0.0600. The van der Waals surface area contributed by atoms with Crippen LogP contribution in [0.2, 0.25) is 0 Å². The van der Waals surface area contributed by atoms with Gasteiger partial charge in [-0.3, -0.25) is 0 Å². The second kappa shape index (κ2) is 9.97. The molecule has 0 aliphatic heterocycles. The molecule has 25 heavy (non-hydrogen) atoms. The highest BCUT2D eigenvalue weighted by molar-refractivity contribution is 5.89. The van der Waals surface area contributed by atoms with Gasteiger partial charge >= 0.3 is 12.0 Å². The molecule has 6 nitrogen and oxygen atoms in total. The summed E-state index contributed by atoms with van der Waals surface area (Å²) in [6.07, 6.45) is 0.718. The molecule has 0 saturated heterocycles. The van der Waals surface area contributed by atoms with Gasteiger partial charge in [-0.2, -0.15) is 0 Å². The number of methoxy groups -OCH3 is 1. The Labute approximate surface area is 147 Å². The van der Waals surface area contributed by atoms with Crippen molar-refractivity contribution in [1.82, 2.24) is 10.6 Å². The van der Waals surface area contributed by atoms with Crippen LogP contribution in [0.4, 0.5) is 4.79 Å². The molecular formula is C19H22N2O4. The Morgan fingerprint density at radius 1 is 0.960 bits per heavy atom. The molecule has 0 bridgehead atoms. The van der Waals surface area contributed by atoms with Gasteiger partial charge in [-0.15, -0.1) is 0 Å². The van der Waals surface area contributed by atoms with E-state index < -0.39 is 0 Å². The Kier molecular flexibility index (Phi) is 7.31. The number of benzene rings is 2. The van der Waals surface area contributed by atoms with E-state index in [1.165, 1.54) is 7.11 Å². The van der Waals surface area contributed by atoms with Gasteiger partial charge in [0.05, 0.1) is 19.3 Å². The van der Waals surface area contributed by atoms with E-state index in [9.17, 15) is 9.59 Å². The smallest absolute Gasteiger partial charge is 0.337 e. The normalized spacial score (nSPS) is 9.96. The van der Waals surface area contributed by atoms with Crippen molar-refractivity contribution in [2.75, 3.05) is 20.3 Å². The van der Waals surface area contributed by atoms with Crippen LogP contribution in [-0.2, 0) is 11.3 Å². The summed E-state index contributed by atoms with van der Waals surface area (Å²) >= 11 is 0. The van der Waals surface area contributed by atoms with Gasteiger partial charge in [-0.25, -0.2) is 9.59 Å². The fourth-order valence-electron chi connectivity index (χ4n) is 2.10. The van der Waals surface area contributed by atoms with Crippen molar-refractivity contribution in [3.05, 3.63) is 65.7 Å². The van der Waals surface area contributed by atoms with Crippen molar-refractivity contribution in [3.63, 3.8) is 0 Å². The highest BCUT2D eigenvalue weighted by Gasteiger charge is 2.05. The van der Waals surface area contributed by atoms with Crippen LogP contribution in [0.3, 0.4) is 0 Å². The third kappa shape index (κ3) is 6.55. The van der Waals surface area contributed by atoms with Crippen molar-refractivity contribution in [3.8, 4) is 5.75 Å². The second-order valence-electron chi connectivity index (χ2n) is 5.31. The Hall–Kier alpha value is -3.02. The zero-order valence-corrected chi connectivity index (χ0v) is 14.2. The highest BCUT2D eigenvalue weighted by Crippen LogP contribution is 2.08. The van der Waals surface area contributed by atoms with Gasteiger partial charge in [0.1, 0.15) is 5.75 Å². The third-order valence-electron chi connectivity index (χ3n) is 3.45. The molecule has 2 rings (SSSR count). The molecule has 0 fully saturated rings. The van der Waals surface area contributed by atoms with E-state index in [-0.39, 0.29) is 12.0 Å². The molecule has 2 aromatic rings. The van der Waals surface area contributed by atoms with Crippen molar-refractivity contribution >= 4 is 12.0 Å². The summed E-state index contributed by atoms with van der Waals surface area (Å²) in [4.78, 5) is 23.1. The van der Waals surface area contributed by atoms with Gasteiger partial charge in [0.2, 0.25) is 0 Å². The second-order valence-corrected chi connectivity index (χ2v) is 5.31. The topological polar surface area (TPSA) is 76.7 Å². The van der Waals surface area contributed by atoms with Crippen LogP contribution in [0, 0.1) is 0 Å². The van der Waals surface area contributed by atoms with Crippen LogP contribution in [0.15, 0.2) is 54.6 Å².